The topological polar surface area (TPSA) is 47.4 Å². The fourth-order valence-corrected chi connectivity index (χ4v) is 3.10. The van der Waals surface area contributed by atoms with E-state index in [1.165, 1.54) is 0 Å². The fourth-order valence-electron chi connectivity index (χ4n) is 2.64. The number of rotatable bonds is 6. The Morgan fingerprint density at radius 3 is 2.70 bits per heavy atom. The predicted octanol–water partition coefficient (Wildman–Crippen LogP) is 4.58. The third-order valence-corrected chi connectivity index (χ3v) is 4.66. The zero-order chi connectivity index (χ0) is 19.4. The van der Waals surface area contributed by atoms with Crippen molar-refractivity contribution >= 4 is 29.1 Å². The number of carbonyl (C=O) groups is 1. The SMILES string of the molecule is CN(Cc1ccnn1C)C(=O)c1cccc(COc2ccc(Cl)cc2Cl)c1. The predicted molar refractivity (Wildman–Crippen MR) is 106 cm³/mol. The molecule has 27 heavy (non-hydrogen) atoms. The Balaban J connectivity index is 1.67. The average molecular weight is 404 g/mol. The zero-order valence-electron chi connectivity index (χ0n) is 15.0. The minimum atomic E-state index is -0.0671. The summed E-state index contributed by atoms with van der Waals surface area (Å²) in [6.07, 6.45) is 1.72. The molecule has 2 aromatic carbocycles. The third-order valence-electron chi connectivity index (χ3n) is 4.13. The molecule has 0 radical (unpaired) electrons. The monoisotopic (exact) mass is 403 g/mol. The van der Waals surface area contributed by atoms with Gasteiger partial charge in [0.25, 0.3) is 5.91 Å². The van der Waals surface area contributed by atoms with Crippen molar-refractivity contribution in [1.82, 2.24) is 14.7 Å². The lowest BCUT2D eigenvalue weighted by molar-refractivity contribution is 0.0782. The van der Waals surface area contributed by atoms with Gasteiger partial charge in [-0.05, 0) is 42.0 Å². The second-order valence-electron chi connectivity index (χ2n) is 6.17. The van der Waals surface area contributed by atoms with Crippen molar-refractivity contribution in [1.29, 1.82) is 0 Å². The summed E-state index contributed by atoms with van der Waals surface area (Å²) in [5.41, 5.74) is 2.44. The highest BCUT2D eigenvalue weighted by molar-refractivity contribution is 6.35. The number of carbonyl (C=O) groups excluding carboxylic acids is 1. The standard InChI is InChI=1S/C20H19Cl2N3O2/c1-24(12-17-8-9-23-25(17)2)20(26)15-5-3-4-14(10-15)13-27-19-7-6-16(21)11-18(19)22/h3-11H,12-13H2,1-2H3. The van der Waals surface area contributed by atoms with Gasteiger partial charge in [-0.25, -0.2) is 0 Å². The van der Waals surface area contributed by atoms with Gasteiger partial charge in [0.2, 0.25) is 0 Å². The van der Waals surface area contributed by atoms with Crippen LogP contribution >= 0.6 is 23.2 Å². The number of aryl methyl sites for hydroxylation is 1. The van der Waals surface area contributed by atoms with Gasteiger partial charge in [0, 0.05) is 30.9 Å². The lowest BCUT2D eigenvalue weighted by atomic mass is 10.1. The molecule has 1 amide bonds. The highest BCUT2D eigenvalue weighted by Gasteiger charge is 2.14. The molecule has 0 N–H and O–H groups in total. The van der Waals surface area contributed by atoms with Crippen molar-refractivity contribution in [2.75, 3.05) is 7.05 Å². The second kappa shape index (κ2) is 8.46. The van der Waals surface area contributed by atoms with Crippen molar-refractivity contribution in [2.45, 2.75) is 13.2 Å². The molecule has 0 saturated carbocycles. The molecule has 3 aromatic rings. The Kier molecular flexibility index (Phi) is 6.04. The first-order valence-corrected chi connectivity index (χ1v) is 9.09. The molecule has 0 atom stereocenters. The van der Waals surface area contributed by atoms with E-state index in [1.54, 1.807) is 47.1 Å². The Bertz CT molecular complexity index is 956. The number of halogens is 2. The van der Waals surface area contributed by atoms with Crippen molar-refractivity contribution < 1.29 is 9.53 Å². The molecule has 3 rings (SSSR count). The molecule has 0 bridgehead atoms. The minimum absolute atomic E-state index is 0.0671. The first-order valence-electron chi connectivity index (χ1n) is 8.33. The van der Waals surface area contributed by atoms with Crippen LogP contribution in [-0.4, -0.2) is 27.6 Å². The van der Waals surface area contributed by atoms with E-state index in [4.69, 9.17) is 27.9 Å². The van der Waals surface area contributed by atoms with Gasteiger partial charge in [-0.3, -0.25) is 9.48 Å². The molecule has 0 spiro atoms. The Morgan fingerprint density at radius 1 is 1.19 bits per heavy atom. The molecule has 0 saturated heterocycles. The van der Waals surface area contributed by atoms with Gasteiger partial charge >= 0.3 is 0 Å². The van der Waals surface area contributed by atoms with E-state index in [-0.39, 0.29) is 5.91 Å². The summed E-state index contributed by atoms with van der Waals surface area (Å²) >= 11 is 12.0. The van der Waals surface area contributed by atoms with Crippen LogP contribution in [0.15, 0.2) is 54.7 Å². The van der Waals surface area contributed by atoms with Gasteiger partial charge < -0.3 is 9.64 Å². The van der Waals surface area contributed by atoms with Crippen LogP contribution in [0.25, 0.3) is 0 Å². The van der Waals surface area contributed by atoms with Crippen LogP contribution in [0.3, 0.4) is 0 Å². The maximum atomic E-state index is 12.7. The van der Waals surface area contributed by atoms with Gasteiger partial charge in [0.15, 0.2) is 0 Å². The largest absolute Gasteiger partial charge is 0.487 e. The number of hydrogen-bond acceptors (Lipinski definition) is 3. The Morgan fingerprint density at radius 2 is 2.00 bits per heavy atom. The van der Waals surface area contributed by atoms with E-state index in [2.05, 4.69) is 5.10 Å². The molecule has 140 valence electrons. The van der Waals surface area contributed by atoms with E-state index in [0.717, 1.165) is 11.3 Å². The fraction of sp³-hybridized carbons (Fsp3) is 0.200. The summed E-state index contributed by atoms with van der Waals surface area (Å²) in [4.78, 5) is 14.4. The minimum Gasteiger partial charge on any atom is -0.487 e. The molecule has 0 aliphatic heterocycles. The number of nitrogens with zero attached hydrogens (tertiary/aromatic N) is 3. The molecule has 1 aromatic heterocycles. The summed E-state index contributed by atoms with van der Waals surface area (Å²) in [6.45, 7) is 0.782. The molecule has 0 aliphatic carbocycles. The molecule has 5 nitrogen and oxygen atoms in total. The molecule has 1 heterocycles. The molecule has 0 unspecified atom stereocenters. The van der Waals surface area contributed by atoms with Gasteiger partial charge in [-0.2, -0.15) is 5.10 Å². The van der Waals surface area contributed by atoms with Crippen molar-refractivity contribution in [3.8, 4) is 5.75 Å². The number of benzene rings is 2. The van der Waals surface area contributed by atoms with Crippen LogP contribution in [-0.2, 0) is 20.2 Å². The third kappa shape index (κ3) is 4.81. The zero-order valence-corrected chi connectivity index (χ0v) is 16.5. The van der Waals surface area contributed by atoms with Crippen molar-refractivity contribution in [2.24, 2.45) is 7.05 Å². The quantitative estimate of drug-likeness (QED) is 0.604. The maximum Gasteiger partial charge on any atom is 0.253 e. The second-order valence-corrected chi connectivity index (χ2v) is 7.01. The summed E-state index contributed by atoms with van der Waals surface area (Å²) in [6, 6.07) is 14.3. The lowest BCUT2D eigenvalue weighted by Gasteiger charge is -2.18. The lowest BCUT2D eigenvalue weighted by Crippen LogP contribution is -2.27. The normalized spacial score (nSPS) is 10.7. The summed E-state index contributed by atoms with van der Waals surface area (Å²) in [5, 5.41) is 5.13. The van der Waals surface area contributed by atoms with E-state index >= 15 is 0 Å². The highest BCUT2D eigenvalue weighted by Crippen LogP contribution is 2.28. The van der Waals surface area contributed by atoms with Gasteiger partial charge in [-0.1, -0.05) is 35.3 Å². The van der Waals surface area contributed by atoms with Crippen LogP contribution in [0.5, 0.6) is 5.75 Å². The van der Waals surface area contributed by atoms with Crippen LogP contribution in [0.1, 0.15) is 21.6 Å². The highest BCUT2D eigenvalue weighted by atomic mass is 35.5. The van der Waals surface area contributed by atoms with E-state index < -0.39 is 0 Å². The molecule has 0 aliphatic rings. The maximum absolute atomic E-state index is 12.7. The first-order chi connectivity index (χ1) is 12.9. The summed E-state index contributed by atoms with van der Waals surface area (Å²) in [7, 11) is 3.62. The number of ether oxygens (including phenoxy) is 1. The van der Waals surface area contributed by atoms with E-state index in [1.807, 2.05) is 31.3 Å². The molecule has 0 fully saturated rings. The smallest absolute Gasteiger partial charge is 0.253 e. The van der Waals surface area contributed by atoms with E-state index in [9.17, 15) is 4.79 Å². The summed E-state index contributed by atoms with van der Waals surface area (Å²) in [5.74, 6) is 0.480. The van der Waals surface area contributed by atoms with Crippen molar-refractivity contribution in [3.05, 3.63) is 81.6 Å². The number of hydrogen-bond donors (Lipinski definition) is 0. The van der Waals surface area contributed by atoms with Crippen LogP contribution in [0, 0.1) is 0 Å². The van der Waals surface area contributed by atoms with Gasteiger partial charge in [-0.15, -0.1) is 0 Å². The van der Waals surface area contributed by atoms with E-state index in [0.29, 0.717) is 34.5 Å². The molecular weight excluding hydrogens is 385 g/mol. The van der Waals surface area contributed by atoms with Crippen LogP contribution < -0.4 is 4.74 Å². The van der Waals surface area contributed by atoms with Crippen molar-refractivity contribution in [3.63, 3.8) is 0 Å². The molecular formula is C20H19Cl2N3O2. The van der Waals surface area contributed by atoms with Crippen LogP contribution in [0.4, 0.5) is 0 Å². The number of amides is 1. The van der Waals surface area contributed by atoms with Crippen LogP contribution in [0.2, 0.25) is 10.0 Å². The van der Waals surface area contributed by atoms with Gasteiger partial charge in [0.1, 0.15) is 12.4 Å². The summed E-state index contributed by atoms with van der Waals surface area (Å²) < 4.78 is 7.50. The van der Waals surface area contributed by atoms with Gasteiger partial charge in [0.05, 0.1) is 17.3 Å². The Labute approximate surface area is 168 Å². The Hall–Kier alpha value is -2.50. The molecule has 7 heteroatoms. The number of aromatic nitrogens is 2. The average Bonchev–Trinajstić information content (AvgIpc) is 3.05. The first kappa shape index (κ1) is 19.3.